The molecular formula is C26H28N2O6. The Morgan fingerprint density at radius 2 is 1.74 bits per heavy atom. The minimum absolute atomic E-state index is 0.0959. The minimum atomic E-state index is -1.17. The van der Waals surface area contributed by atoms with Gasteiger partial charge in [-0.3, -0.25) is 9.59 Å². The van der Waals surface area contributed by atoms with Gasteiger partial charge in [-0.1, -0.05) is 48.5 Å². The number of aliphatic carboxylic acids is 1. The van der Waals surface area contributed by atoms with Gasteiger partial charge in [0.05, 0.1) is 12.5 Å². The van der Waals surface area contributed by atoms with Crippen LogP contribution in [0, 0.1) is 5.92 Å². The fourth-order valence-electron chi connectivity index (χ4n) is 5.46. The number of rotatable bonds is 6. The molecule has 34 heavy (non-hydrogen) atoms. The van der Waals surface area contributed by atoms with Gasteiger partial charge in [-0.25, -0.2) is 4.79 Å². The normalized spacial score (nSPS) is 21.8. The molecule has 0 saturated carbocycles. The standard InChI is InChI=1S/C26H28N2O6/c29-24(30)13-22(25(31)28-11-9-23-16(14-28)10-12-33-23)27-26(32)34-15-21-19-7-3-1-5-17(19)18-6-2-4-8-20(18)21/h1-8,16,21-23H,9-15H2,(H,27,32)(H,29,30). The SMILES string of the molecule is O=C(O)CC(NC(=O)OCC1c2ccccc2-c2ccccc21)C(=O)N1CCC2OCCC2C1. The van der Waals surface area contributed by atoms with Crippen molar-refractivity contribution >= 4 is 18.0 Å². The second kappa shape index (κ2) is 9.46. The lowest BCUT2D eigenvalue weighted by atomic mass is 9.93. The largest absolute Gasteiger partial charge is 0.481 e. The third-order valence-corrected chi connectivity index (χ3v) is 7.11. The number of nitrogens with one attached hydrogen (secondary N) is 1. The molecule has 2 fully saturated rings. The quantitative estimate of drug-likeness (QED) is 0.681. The topological polar surface area (TPSA) is 105 Å². The van der Waals surface area contributed by atoms with E-state index < -0.39 is 24.5 Å². The van der Waals surface area contributed by atoms with E-state index in [1.165, 1.54) is 0 Å². The van der Waals surface area contributed by atoms with Crippen molar-refractivity contribution in [2.45, 2.75) is 37.3 Å². The Labute approximate surface area is 197 Å². The van der Waals surface area contributed by atoms with Crippen LogP contribution >= 0.6 is 0 Å². The fraction of sp³-hybridized carbons (Fsp3) is 0.423. The lowest BCUT2D eigenvalue weighted by molar-refractivity contribution is -0.143. The third kappa shape index (κ3) is 4.37. The lowest BCUT2D eigenvalue weighted by Crippen LogP contribution is -2.53. The highest BCUT2D eigenvalue weighted by molar-refractivity contribution is 5.89. The molecule has 3 atom stereocenters. The van der Waals surface area contributed by atoms with Crippen LogP contribution in [0.2, 0.25) is 0 Å². The Morgan fingerprint density at radius 1 is 1.06 bits per heavy atom. The molecule has 0 aromatic heterocycles. The van der Waals surface area contributed by atoms with E-state index in [9.17, 15) is 19.5 Å². The molecule has 2 aromatic rings. The second-order valence-electron chi connectivity index (χ2n) is 9.15. The highest BCUT2D eigenvalue weighted by Gasteiger charge is 2.38. The van der Waals surface area contributed by atoms with Gasteiger partial charge in [0.2, 0.25) is 5.91 Å². The first kappa shape index (κ1) is 22.4. The number of carboxylic acids is 1. The number of likely N-dealkylation sites (tertiary alicyclic amines) is 1. The van der Waals surface area contributed by atoms with E-state index >= 15 is 0 Å². The number of benzene rings is 2. The Balaban J connectivity index is 1.24. The molecule has 2 saturated heterocycles. The van der Waals surface area contributed by atoms with Crippen molar-refractivity contribution in [3.8, 4) is 11.1 Å². The van der Waals surface area contributed by atoms with Crippen LogP contribution in [-0.4, -0.2) is 66.4 Å². The zero-order valence-electron chi connectivity index (χ0n) is 18.8. The molecule has 0 radical (unpaired) electrons. The summed E-state index contributed by atoms with van der Waals surface area (Å²) >= 11 is 0. The Morgan fingerprint density at radius 3 is 2.41 bits per heavy atom. The van der Waals surface area contributed by atoms with Crippen LogP contribution in [0.1, 0.15) is 36.3 Å². The summed E-state index contributed by atoms with van der Waals surface area (Å²) in [4.78, 5) is 38.8. The van der Waals surface area contributed by atoms with Crippen LogP contribution in [0.15, 0.2) is 48.5 Å². The van der Waals surface area contributed by atoms with Crippen LogP contribution in [-0.2, 0) is 19.1 Å². The number of fused-ring (bicyclic) bond motifs is 4. The summed E-state index contributed by atoms with van der Waals surface area (Å²) in [6.07, 6.45) is 0.487. The monoisotopic (exact) mass is 464 g/mol. The van der Waals surface area contributed by atoms with Gasteiger partial charge >= 0.3 is 12.1 Å². The molecule has 8 nitrogen and oxygen atoms in total. The maximum absolute atomic E-state index is 13.1. The smallest absolute Gasteiger partial charge is 0.407 e. The van der Waals surface area contributed by atoms with Crippen LogP contribution < -0.4 is 5.32 Å². The number of amides is 2. The molecule has 0 spiro atoms. The lowest BCUT2D eigenvalue weighted by Gasteiger charge is -2.36. The van der Waals surface area contributed by atoms with Crippen molar-refractivity contribution in [3.63, 3.8) is 0 Å². The number of hydrogen-bond acceptors (Lipinski definition) is 5. The summed E-state index contributed by atoms with van der Waals surface area (Å²) in [6, 6.07) is 14.8. The van der Waals surface area contributed by atoms with E-state index in [0.717, 1.165) is 35.1 Å². The van der Waals surface area contributed by atoms with Crippen molar-refractivity contribution in [2.24, 2.45) is 5.92 Å². The summed E-state index contributed by atoms with van der Waals surface area (Å²) in [7, 11) is 0. The zero-order valence-corrected chi connectivity index (χ0v) is 18.8. The van der Waals surface area contributed by atoms with Gasteiger partial charge in [-0.15, -0.1) is 0 Å². The van der Waals surface area contributed by atoms with Gasteiger partial charge < -0.3 is 24.8 Å². The molecule has 3 aliphatic rings. The Hall–Kier alpha value is -3.39. The molecule has 2 amide bonds. The zero-order chi connectivity index (χ0) is 23.7. The molecule has 2 aromatic carbocycles. The number of ether oxygens (including phenoxy) is 2. The molecule has 2 heterocycles. The van der Waals surface area contributed by atoms with Gasteiger partial charge in [0.25, 0.3) is 0 Å². The van der Waals surface area contributed by atoms with E-state index in [0.29, 0.717) is 19.7 Å². The van der Waals surface area contributed by atoms with Crippen LogP contribution in [0.3, 0.4) is 0 Å². The first-order valence-electron chi connectivity index (χ1n) is 11.7. The van der Waals surface area contributed by atoms with Crippen LogP contribution in [0.25, 0.3) is 11.1 Å². The van der Waals surface area contributed by atoms with Crippen molar-refractivity contribution in [1.29, 1.82) is 0 Å². The predicted octanol–water partition coefficient (Wildman–Crippen LogP) is 3.01. The summed E-state index contributed by atoms with van der Waals surface area (Å²) < 4.78 is 11.2. The van der Waals surface area contributed by atoms with E-state index in [1.807, 2.05) is 48.5 Å². The predicted molar refractivity (Wildman–Crippen MR) is 123 cm³/mol. The van der Waals surface area contributed by atoms with E-state index in [2.05, 4.69) is 5.32 Å². The number of piperidine rings is 1. The van der Waals surface area contributed by atoms with Crippen molar-refractivity contribution in [3.05, 3.63) is 59.7 Å². The number of nitrogens with zero attached hydrogens (tertiary/aromatic N) is 1. The first-order valence-corrected chi connectivity index (χ1v) is 11.7. The summed E-state index contributed by atoms with van der Waals surface area (Å²) in [6.45, 7) is 1.79. The first-order chi connectivity index (χ1) is 16.5. The van der Waals surface area contributed by atoms with E-state index in [1.54, 1.807) is 4.90 Å². The average molecular weight is 465 g/mol. The number of carboxylic acid groups (broad SMARTS) is 1. The van der Waals surface area contributed by atoms with Crippen molar-refractivity contribution < 1.29 is 29.0 Å². The van der Waals surface area contributed by atoms with Gasteiger partial charge in [-0.2, -0.15) is 0 Å². The van der Waals surface area contributed by atoms with E-state index in [-0.39, 0.29) is 30.5 Å². The average Bonchev–Trinajstić information content (AvgIpc) is 3.43. The fourth-order valence-corrected chi connectivity index (χ4v) is 5.46. The molecule has 2 N–H and O–H groups in total. The number of carbonyl (C=O) groups excluding carboxylic acids is 2. The Bertz CT molecular complexity index is 1060. The summed E-state index contributed by atoms with van der Waals surface area (Å²) in [5.74, 6) is -1.40. The van der Waals surface area contributed by atoms with Crippen LogP contribution in [0.4, 0.5) is 4.79 Å². The molecule has 1 aliphatic carbocycles. The van der Waals surface area contributed by atoms with Gasteiger partial charge in [0.1, 0.15) is 12.6 Å². The number of hydrogen-bond donors (Lipinski definition) is 2. The molecule has 3 unspecified atom stereocenters. The van der Waals surface area contributed by atoms with Crippen LogP contribution in [0.5, 0.6) is 0 Å². The molecule has 0 bridgehead atoms. The second-order valence-corrected chi connectivity index (χ2v) is 9.15. The van der Waals surface area contributed by atoms with Gasteiger partial charge in [0.15, 0.2) is 0 Å². The minimum Gasteiger partial charge on any atom is -0.481 e. The molecular weight excluding hydrogens is 436 g/mol. The maximum atomic E-state index is 13.1. The number of carbonyl (C=O) groups is 3. The highest BCUT2D eigenvalue weighted by atomic mass is 16.5. The molecule has 8 heteroatoms. The van der Waals surface area contributed by atoms with E-state index in [4.69, 9.17) is 9.47 Å². The summed E-state index contributed by atoms with van der Waals surface area (Å²) in [5, 5.41) is 11.8. The Kier molecular flexibility index (Phi) is 6.24. The number of alkyl carbamates (subject to hydrolysis) is 1. The molecule has 178 valence electrons. The summed E-state index contributed by atoms with van der Waals surface area (Å²) in [5.41, 5.74) is 4.39. The van der Waals surface area contributed by atoms with Gasteiger partial charge in [-0.05, 0) is 35.1 Å². The highest BCUT2D eigenvalue weighted by Crippen LogP contribution is 2.44. The maximum Gasteiger partial charge on any atom is 0.407 e. The third-order valence-electron chi connectivity index (χ3n) is 7.11. The van der Waals surface area contributed by atoms with Crippen molar-refractivity contribution in [2.75, 3.05) is 26.3 Å². The molecule has 2 aliphatic heterocycles. The van der Waals surface area contributed by atoms with Gasteiger partial charge in [0, 0.05) is 31.5 Å². The van der Waals surface area contributed by atoms with Crippen molar-refractivity contribution in [1.82, 2.24) is 10.2 Å². The molecule has 5 rings (SSSR count).